The van der Waals surface area contributed by atoms with E-state index in [-0.39, 0.29) is 33.3 Å². The van der Waals surface area contributed by atoms with Gasteiger partial charge >= 0.3 is 5.69 Å². The topological polar surface area (TPSA) is 116 Å². The summed E-state index contributed by atoms with van der Waals surface area (Å²) in [4.78, 5) is 43.2. The van der Waals surface area contributed by atoms with Crippen molar-refractivity contribution in [2.24, 2.45) is 14.1 Å². The van der Waals surface area contributed by atoms with Gasteiger partial charge in [-0.2, -0.15) is 0 Å². The number of anilines is 1. The van der Waals surface area contributed by atoms with E-state index >= 15 is 0 Å². The lowest BCUT2D eigenvalue weighted by molar-refractivity contribution is 0.102. The standard InChI is InChI=1S/C15H13F2N5O3S/c1-21-12(18)11(13(24)22(2)15(21)25)10(23)5-26-14-19-8-3-6(16)7(17)4-9(8)20-14/h3-4H,5,18H2,1-2H3,(H,19,20). The van der Waals surface area contributed by atoms with Crippen LogP contribution >= 0.6 is 11.8 Å². The van der Waals surface area contributed by atoms with Crippen LogP contribution < -0.4 is 17.0 Å². The Morgan fingerprint density at radius 2 is 1.88 bits per heavy atom. The van der Waals surface area contributed by atoms with Crippen molar-refractivity contribution in [1.29, 1.82) is 0 Å². The highest BCUT2D eigenvalue weighted by molar-refractivity contribution is 7.99. The summed E-state index contributed by atoms with van der Waals surface area (Å²) in [7, 11) is 2.60. The number of fused-ring (bicyclic) bond motifs is 1. The first-order valence-electron chi connectivity index (χ1n) is 7.27. The Morgan fingerprint density at radius 1 is 1.23 bits per heavy atom. The van der Waals surface area contributed by atoms with Gasteiger partial charge in [-0.05, 0) is 0 Å². The molecule has 1 aromatic carbocycles. The van der Waals surface area contributed by atoms with Gasteiger partial charge in [0.25, 0.3) is 5.56 Å². The maximum atomic E-state index is 13.2. The summed E-state index contributed by atoms with van der Waals surface area (Å²) >= 11 is 0.942. The molecule has 0 bridgehead atoms. The van der Waals surface area contributed by atoms with Gasteiger partial charge in [0, 0.05) is 26.2 Å². The average Bonchev–Trinajstić information content (AvgIpc) is 2.98. The number of imidazole rings is 1. The van der Waals surface area contributed by atoms with E-state index in [2.05, 4.69) is 9.97 Å². The van der Waals surface area contributed by atoms with Crippen molar-refractivity contribution < 1.29 is 13.6 Å². The summed E-state index contributed by atoms with van der Waals surface area (Å²) in [6.07, 6.45) is 0. The molecule has 26 heavy (non-hydrogen) atoms. The normalized spacial score (nSPS) is 11.2. The first-order valence-corrected chi connectivity index (χ1v) is 8.25. The van der Waals surface area contributed by atoms with Crippen molar-refractivity contribution in [2.45, 2.75) is 5.16 Å². The van der Waals surface area contributed by atoms with Gasteiger partial charge in [-0.25, -0.2) is 18.6 Å². The molecule has 0 saturated carbocycles. The Morgan fingerprint density at radius 3 is 2.58 bits per heavy atom. The summed E-state index contributed by atoms with van der Waals surface area (Å²) in [5.74, 6) is -3.07. The predicted octanol–water partition coefficient (Wildman–Crippen LogP) is 0.796. The Hall–Kier alpha value is -2.95. The van der Waals surface area contributed by atoms with Crippen molar-refractivity contribution in [1.82, 2.24) is 19.1 Å². The Kier molecular flexibility index (Phi) is 4.40. The number of ketones is 1. The molecule has 136 valence electrons. The van der Waals surface area contributed by atoms with Gasteiger partial charge in [-0.3, -0.25) is 18.7 Å². The number of benzene rings is 1. The molecule has 3 aromatic rings. The van der Waals surface area contributed by atoms with Crippen LogP contribution in [0.2, 0.25) is 0 Å². The largest absolute Gasteiger partial charge is 0.384 e. The van der Waals surface area contributed by atoms with E-state index in [4.69, 9.17) is 5.73 Å². The summed E-state index contributed by atoms with van der Waals surface area (Å²) in [5.41, 5.74) is 4.49. The van der Waals surface area contributed by atoms with Crippen LogP contribution in [-0.4, -0.2) is 30.6 Å². The second-order valence-electron chi connectivity index (χ2n) is 5.50. The summed E-state index contributed by atoms with van der Waals surface area (Å²) in [5, 5.41) is 0.249. The predicted molar refractivity (Wildman–Crippen MR) is 92.4 cm³/mol. The zero-order chi connectivity index (χ0) is 19.2. The number of hydrogen-bond acceptors (Lipinski definition) is 6. The third-order valence-electron chi connectivity index (χ3n) is 3.83. The molecule has 0 amide bonds. The zero-order valence-electron chi connectivity index (χ0n) is 13.7. The molecule has 3 rings (SSSR count). The van der Waals surface area contributed by atoms with Gasteiger partial charge in [0.1, 0.15) is 11.4 Å². The maximum absolute atomic E-state index is 13.2. The number of aromatic amines is 1. The molecule has 0 unspecified atom stereocenters. The number of H-pyrrole nitrogens is 1. The van der Waals surface area contributed by atoms with Crippen molar-refractivity contribution >= 4 is 34.4 Å². The average molecular weight is 381 g/mol. The number of nitrogen functional groups attached to an aromatic ring is 1. The Balaban J connectivity index is 1.88. The van der Waals surface area contributed by atoms with Crippen LogP contribution in [0.1, 0.15) is 10.4 Å². The highest BCUT2D eigenvalue weighted by Crippen LogP contribution is 2.22. The minimum atomic E-state index is -1.03. The van der Waals surface area contributed by atoms with Crippen LogP contribution in [0.3, 0.4) is 0 Å². The van der Waals surface area contributed by atoms with Crippen molar-refractivity contribution in [2.75, 3.05) is 11.5 Å². The molecule has 0 atom stereocenters. The number of Topliss-reactive ketones (excluding diaryl/α,β-unsaturated/α-hetero) is 1. The number of rotatable bonds is 4. The fourth-order valence-electron chi connectivity index (χ4n) is 2.38. The van der Waals surface area contributed by atoms with Crippen LogP contribution in [0, 0.1) is 11.6 Å². The number of aromatic nitrogens is 4. The van der Waals surface area contributed by atoms with Crippen LogP contribution in [0.15, 0.2) is 26.9 Å². The second-order valence-corrected chi connectivity index (χ2v) is 6.47. The van der Waals surface area contributed by atoms with E-state index in [9.17, 15) is 23.2 Å². The number of halogens is 2. The highest BCUT2D eigenvalue weighted by atomic mass is 32.2. The molecule has 3 N–H and O–H groups in total. The van der Waals surface area contributed by atoms with Gasteiger partial charge in [-0.1, -0.05) is 11.8 Å². The van der Waals surface area contributed by atoms with Crippen LogP contribution in [0.25, 0.3) is 11.0 Å². The molecule has 0 aliphatic rings. The lowest BCUT2D eigenvalue weighted by Gasteiger charge is -2.10. The number of nitrogens with two attached hydrogens (primary N) is 1. The molecule has 2 heterocycles. The van der Waals surface area contributed by atoms with E-state index in [0.29, 0.717) is 0 Å². The molecule has 2 aromatic heterocycles. The van der Waals surface area contributed by atoms with Gasteiger partial charge < -0.3 is 10.7 Å². The number of nitrogens with one attached hydrogen (secondary N) is 1. The molecule has 0 saturated heterocycles. The molecular weight excluding hydrogens is 368 g/mol. The van der Waals surface area contributed by atoms with E-state index in [0.717, 1.165) is 33.0 Å². The molecule has 11 heteroatoms. The van der Waals surface area contributed by atoms with E-state index in [1.807, 2.05) is 0 Å². The van der Waals surface area contributed by atoms with E-state index in [1.54, 1.807) is 0 Å². The minimum Gasteiger partial charge on any atom is -0.384 e. The van der Waals surface area contributed by atoms with Gasteiger partial charge in [0.05, 0.1) is 16.8 Å². The number of carbonyl (C=O) groups excluding carboxylic acids is 1. The SMILES string of the molecule is Cn1c(N)c(C(=O)CSc2nc3cc(F)c(F)cc3[nH]2)c(=O)n(C)c1=O. The van der Waals surface area contributed by atoms with E-state index < -0.39 is 28.7 Å². The maximum Gasteiger partial charge on any atom is 0.332 e. The smallest absolute Gasteiger partial charge is 0.332 e. The van der Waals surface area contributed by atoms with Crippen LogP contribution in [-0.2, 0) is 14.1 Å². The second kappa shape index (κ2) is 6.41. The molecule has 0 aliphatic carbocycles. The Labute approximate surface area is 148 Å². The summed E-state index contributed by atoms with van der Waals surface area (Å²) in [6, 6.07) is 1.90. The number of hydrogen-bond donors (Lipinski definition) is 2. The zero-order valence-corrected chi connectivity index (χ0v) is 14.5. The van der Waals surface area contributed by atoms with Crippen LogP contribution in [0.5, 0.6) is 0 Å². The summed E-state index contributed by atoms with van der Waals surface area (Å²) in [6.45, 7) is 0. The van der Waals surface area contributed by atoms with Crippen molar-refractivity contribution in [3.63, 3.8) is 0 Å². The van der Waals surface area contributed by atoms with Crippen LogP contribution in [0.4, 0.5) is 14.6 Å². The molecule has 0 spiro atoms. The van der Waals surface area contributed by atoms with Crippen molar-refractivity contribution in [3.05, 3.63) is 50.2 Å². The summed E-state index contributed by atoms with van der Waals surface area (Å²) < 4.78 is 28.2. The third kappa shape index (κ3) is 2.90. The molecule has 0 radical (unpaired) electrons. The van der Waals surface area contributed by atoms with Gasteiger partial charge in [-0.15, -0.1) is 0 Å². The lowest BCUT2D eigenvalue weighted by atomic mass is 10.2. The molecule has 0 fully saturated rings. The molecule has 8 nitrogen and oxygen atoms in total. The fraction of sp³-hybridized carbons (Fsp3) is 0.200. The lowest BCUT2D eigenvalue weighted by Crippen LogP contribution is -2.41. The van der Waals surface area contributed by atoms with Crippen molar-refractivity contribution in [3.8, 4) is 0 Å². The first kappa shape index (κ1) is 17.9. The van der Waals surface area contributed by atoms with Gasteiger partial charge in [0.15, 0.2) is 22.6 Å². The van der Waals surface area contributed by atoms with Gasteiger partial charge in [0.2, 0.25) is 0 Å². The minimum absolute atomic E-state index is 0.205. The molecular formula is C15H13F2N5O3S. The van der Waals surface area contributed by atoms with E-state index in [1.165, 1.54) is 14.1 Å². The highest BCUT2D eigenvalue weighted by Gasteiger charge is 2.20. The number of thioether (sulfide) groups is 1. The molecule has 0 aliphatic heterocycles. The fourth-order valence-corrected chi connectivity index (χ4v) is 3.14. The quantitative estimate of drug-likeness (QED) is 0.510. The number of carbonyl (C=O) groups is 1. The number of nitrogens with zero attached hydrogens (tertiary/aromatic N) is 3. The first-order chi connectivity index (χ1) is 12.2. The monoisotopic (exact) mass is 381 g/mol. The third-order valence-corrected chi connectivity index (χ3v) is 4.70. The Bertz CT molecular complexity index is 1130.